The number of rotatable bonds is 1. The number of nitrogens with zero attached hydrogens (tertiary/aromatic N) is 1. The summed E-state index contributed by atoms with van der Waals surface area (Å²) in [5.74, 6) is 4.53. The molecular formula is C15H23NO. The summed E-state index contributed by atoms with van der Waals surface area (Å²) in [6.07, 6.45) is 9.44. The Morgan fingerprint density at radius 1 is 0.882 bits per heavy atom. The molecule has 1 amide bonds. The third-order valence-electron chi connectivity index (χ3n) is 5.94. The van der Waals surface area contributed by atoms with Crippen LogP contribution in [0.5, 0.6) is 0 Å². The van der Waals surface area contributed by atoms with E-state index >= 15 is 0 Å². The maximum absolute atomic E-state index is 12.6. The molecular weight excluding hydrogens is 210 g/mol. The SMILES string of the molecule is O=C(C1C2C3CCC(C3)C12)N1CCCCCC1. The second kappa shape index (κ2) is 3.73. The van der Waals surface area contributed by atoms with E-state index in [1.807, 2.05) is 0 Å². The van der Waals surface area contributed by atoms with E-state index in [-0.39, 0.29) is 0 Å². The second-order valence-electron chi connectivity index (χ2n) is 6.75. The van der Waals surface area contributed by atoms with Gasteiger partial charge in [-0.2, -0.15) is 0 Å². The first-order valence-electron chi connectivity index (χ1n) is 7.65. The number of hydrogen-bond acceptors (Lipinski definition) is 1. The minimum Gasteiger partial charge on any atom is -0.342 e. The predicted molar refractivity (Wildman–Crippen MR) is 66.3 cm³/mol. The van der Waals surface area contributed by atoms with E-state index in [9.17, 15) is 4.79 Å². The highest BCUT2D eigenvalue weighted by molar-refractivity contribution is 5.83. The molecule has 0 aromatic heterocycles. The Hall–Kier alpha value is -0.530. The molecule has 4 aliphatic rings. The van der Waals surface area contributed by atoms with Crippen molar-refractivity contribution in [3.05, 3.63) is 0 Å². The second-order valence-corrected chi connectivity index (χ2v) is 6.75. The van der Waals surface area contributed by atoms with E-state index in [0.29, 0.717) is 11.8 Å². The molecule has 1 aliphatic heterocycles. The van der Waals surface area contributed by atoms with Gasteiger partial charge in [0.15, 0.2) is 0 Å². The van der Waals surface area contributed by atoms with Crippen LogP contribution in [0.4, 0.5) is 0 Å². The third-order valence-corrected chi connectivity index (χ3v) is 5.94. The number of carbonyl (C=O) groups is 1. The van der Waals surface area contributed by atoms with Crippen molar-refractivity contribution in [1.82, 2.24) is 4.90 Å². The number of carbonyl (C=O) groups excluding carboxylic acids is 1. The number of hydrogen-bond donors (Lipinski definition) is 0. The molecule has 0 spiro atoms. The van der Waals surface area contributed by atoms with Crippen molar-refractivity contribution in [2.45, 2.75) is 44.9 Å². The number of amides is 1. The zero-order valence-corrected chi connectivity index (χ0v) is 10.6. The van der Waals surface area contributed by atoms with Crippen LogP contribution in [0, 0.1) is 29.6 Å². The van der Waals surface area contributed by atoms with Gasteiger partial charge in [0.25, 0.3) is 0 Å². The average molecular weight is 233 g/mol. The quantitative estimate of drug-likeness (QED) is 0.682. The normalized spacial score (nSPS) is 47.8. The van der Waals surface area contributed by atoms with Gasteiger partial charge in [-0.3, -0.25) is 4.79 Å². The minimum atomic E-state index is 0.472. The van der Waals surface area contributed by atoms with Gasteiger partial charge in [0.2, 0.25) is 5.91 Å². The summed E-state index contributed by atoms with van der Waals surface area (Å²) in [5, 5.41) is 0. The Morgan fingerprint density at radius 2 is 1.47 bits per heavy atom. The molecule has 0 N–H and O–H groups in total. The fourth-order valence-electron chi connectivity index (χ4n) is 5.16. The van der Waals surface area contributed by atoms with E-state index in [4.69, 9.17) is 0 Å². The van der Waals surface area contributed by atoms with Crippen molar-refractivity contribution in [1.29, 1.82) is 0 Å². The summed E-state index contributed by atoms with van der Waals surface area (Å²) in [6, 6.07) is 0. The Morgan fingerprint density at radius 3 is 2.06 bits per heavy atom. The Bertz CT molecular complexity index is 316. The van der Waals surface area contributed by atoms with E-state index in [1.54, 1.807) is 0 Å². The molecule has 4 atom stereocenters. The molecule has 2 bridgehead atoms. The highest BCUT2D eigenvalue weighted by Gasteiger charge is 2.67. The summed E-state index contributed by atoms with van der Waals surface area (Å²) in [6.45, 7) is 2.09. The number of likely N-dealkylation sites (tertiary alicyclic amines) is 1. The van der Waals surface area contributed by atoms with E-state index in [2.05, 4.69) is 4.90 Å². The van der Waals surface area contributed by atoms with Crippen LogP contribution in [0.1, 0.15) is 44.9 Å². The Balaban J connectivity index is 1.44. The molecule has 3 aliphatic carbocycles. The fraction of sp³-hybridized carbons (Fsp3) is 0.933. The van der Waals surface area contributed by atoms with E-state index in [0.717, 1.165) is 36.8 Å². The summed E-state index contributed by atoms with van der Waals surface area (Å²) < 4.78 is 0. The Labute approximate surface area is 104 Å². The van der Waals surface area contributed by atoms with Crippen LogP contribution in [0.25, 0.3) is 0 Å². The topological polar surface area (TPSA) is 20.3 Å². The first-order valence-corrected chi connectivity index (χ1v) is 7.65. The Kier molecular flexibility index (Phi) is 2.28. The van der Waals surface area contributed by atoms with Crippen LogP contribution < -0.4 is 0 Å². The number of fused-ring (bicyclic) bond motifs is 5. The summed E-state index contributed by atoms with van der Waals surface area (Å²) >= 11 is 0. The summed E-state index contributed by atoms with van der Waals surface area (Å²) in [7, 11) is 0. The average Bonchev–Trinajstić information content (AvgIpc) is 2.93. The molecule has 1 heterocycles. The first-order chi connectivity index (χ1) is 8.36. The van der Waals surface area contributed by atoms with Gasteiger partial charge in [-0.25, -0.2) is 0 Å². The van der Waals surface area contributed by atoms with Gasteiger partial charge in [0.05, 0.1) is 0 Å². The van der Waals surface area contributed by atoms with Crippen molar-refractivity contribution >= 4 is 5.91 Å². The molecule has 4 unspecified atom stereocenters. The monoisotopic (exact) mass is 233 g/mol. The zero-order valence-electron chi connectivity index (χ0n) is 10.6. The molecule has 3 saturated carbocycles. The molecule has 0 aromatic rings. The first kappa shape index (κ1) is 10.4. The fourth-order valence-corrected chi connectivity index (χ4v) is 5.16. The van der Waals surface area contributed by atoms with Crippen LogP contribution in [0.3, 0.4) is 0 Å². The third kappa shape index (κ3) is 1.49. The maximum Gasteiger partial charge on any atom is 0.226 e. The lowest BCUT2D eigenvalue weighted by molar-refractivity contribution is -0.133. The van der Waals surface area contributed by atoms with Crippen molar-refractivity contribution in [3.63, 3.8) is 0 Å². The van der Waals surface area contributed by atoms with Gasteiger partial charge in [-0.1, -0.05) is 12.8 Å². The van der Waals surface area contributed by atoms with Gasteiger partial charge < -0.3 is 4.90 Å². The van der Waals surface area contributed by atoms with Crippen molar-refractivity contribution < 1.29 is 4.79 Å². The van der Waals surface area contributed by atoms with Crippen molar-refractivity contribution in [2.24, 2.45) is 29.6 Å². The molecule has 17 heavy (non-hydrogen) atoms. The molecule has 2 heteroatoms. The van der Waals surface area contributed by atoms with Crippen molar-refractivity contribution in [3.8, 4) is 0 Å². The molecule has 0 radical (unpaired) electrons. The van der Waals surface area contributed by atoms with E-state index < -0.39 is 0 Å². The predicted octanol–water partition coefficient (Wildman–Crippen LogP) is 2.68. The standard InChI is InChI=1S/C15H23NO/c17-15(16-7-3-1-2-4-8-16)14-12-10-5-6-11(9-10)13(12)14/h10-14H,1-9H2. The zero-order chi connectivity index (χ0) is 11.4. The van der Waals surface area contributed by atoms with Crippen molar-refractivity contribution in [2.75, 3.05) is 13.1 Å². The summed E-state index contributed by atoms with van der Waals surface area (Å²) in [4.78, 5) is 14.8. The molecule has 94 valence electrons. The van der Waals surface area contributed by atoms with E-state index in [1.165, 1.54) is 44.9 Å². The lowest BCUT2D eigenvalue weighted by Gasteiger charge is -2.22. The maximum atomic E-state index is 12.6. The molecule has 0 aromatic carbocycles. The lowest BCUT2D eigenvalue weighted by atomic mass is 10.0. The molecule has 4 fully saturated rings. The summed E-state index contributed by atoms with van der Waals surface area (Å²) in [5.41, 5.74) is 0. The van der Waals surface area contributed by atoms with Crippen LogP contribution in [-0.2, 0) is 4.79 Å². The van der Waals surface area contributed by atoms with Crippen LogP contribution in [-0.4, -0.2) is 23.9 Å². The van der Waals surface area contributed by atoms with Gasteiger partial charge in [-0.05, 0) is 55.8 Å². The lowest BCUT2D eigenvalue weighted by Crippen LogP contribution is -2.34. The molecule has 4 rings (SSSR count). The highest BCUT2D eigenvalue weighted by Crippen LogP contribution is 2.69. The largest absolute Gasteiger partial charge is 0.342 e. The van der Waals surface area contributed by atoms with Crippen LogP contribution in [0.15, 0.2) is 0 Å². The smallest absolute Gasteiger partial charge is 0.226 e. The van der Waals surface area contributed by atoms with Crippen LogP contribution in [0.2, 0.25) is 0 Å². The van der Waals surface area contributed by atoms with Gasteiger partial charge in [-0.15, -0.1) is 0 Å². The molecule has 2 nitrogen and oxygen atoms in total. The van der Waals surface area contributed by atoms with Gasteiger partial charge in [0, 0.05) is 19.0 Å². The van der Waals surface area contributed by atoms with Crippen LogP contribution >= 0.6 is 0 Å². The van der Waals surface area contributed by atoms with Gasteiger partial charge in [0.1, 0.15) is 0 Å². The minimum absolute atomic E-state index is 0.472. The molecule has 1 saturated heterocycles. The van der Waals surface area contributed by atoms with Gasteiger partial charge >= 0.3 is 0 Å². The highest BCUT2D eigenvalue weighted by atomic mass is 16.2.